The predicted octanol–water partition coefficient (Wildman–Crippen LogP) is 3.07. The number of hydrogen-bond donors (Lipinski definition) is 2. The smallest absolute Gasteiger partial charge is 0.329 e. The van der Waals surface area contributed by atoms with Gasteiger partial charge in [-0.2, -0.15) is 0 Å². The fraction of sp³-hybridized carbons (Fsp3) is 0.318. The molecule has 0 radical (unpaired) electrons. The van der Waals surface area contributed by atoms with Crippen molar-refractivity contribution >= 4 is 44.9 Å². The van der Waals surface area contributed by atoms with Crippen LogP contribution in [0.3, 0.4) is 0 Å². The number of esters is 1. The number of nitrogens with one attached hydrogen (secondary N) is 2. The molecule has 0 saturated heterocycles. The van der Waals surface area contributed by atoms with Crippen LogP contribution in [0.15, 0.2) is 53.4 Å². The number of sulfone groups is 1. The quantitative estimate of drug-likeness (QED) is 0.532. The molecule has 10 heteroatoms. The third-order valence-electron chi connectivity index (χ3n) is 4.77. The van der Waals surface area contributed by atoms with Crippen molar-refractivity contribution in [1.29, 1.82) is 0 Å². The average Bonchev–Trinajstić information content (AvgIpc) is 2.75. The molecule has 2 N–H and O–H groups in total. The van der Waals surface area contributed by atoms with E-state index in [0.717, 1.165) is 6.26 Å². The van der Waals surface area contributed by atoms with E-state index >= 15 is 0 Å². The van der Waals surface area contributed by atoms with Gasteiger partial charge in [0.2, 0.25) is 0 Å². The third kappa shape index (κ3) is 7.35. The highest BCUT2D eigenvalue weighted by Crippen LogP contribution is 2.15. The molecule has 0 heterocycles. The highest BCUT2D eigenvalue weighted by atomic mass is 35.5. The van der Waals surface area contributed by atoms with Gasteiger partial charge in [0.25, 0.3) is 11.8 Å². The molecule has 0 aromatic heterocycles. The standard InChI is InChI=1S/C22H25ClN2O6S/c1-4-14(2)20(25-21(27)15-5-7-16(23)8-6-15)22(28)31-13-19(26)24-17-9-11-18(12-10-17)32(3,29)30/h5-12,14,20H,4,13H2,1-3H3,(H,24,26)(H,25,27)/t14-,20-/m0/s1. The Morgan fingerprint density at radius 2 is 1.62 bits per heavy atom. The van der Waals surface area contributed by atoms with Crippen LogP contribution in [0.25, 0.3) is 0 Å². The second-order valence-corrected chi connectivity index (χ2v) is 9.75. The Hall–Kier alpha value is -2.91. The van der Waals surface area contributed by atoms with Crippen LogP contribution in [-0.2, 0) is 24.2 Å². The lowest BCUT2D eigenvalue weighted by Crippen LogP contribution is -2.46. The molecule has 0 fully saturated rings. The van der Waals surface area contributed by atoms with Gasteiger partial charge < -0.3 is 15.4 Å². The maximum absolute atomic E-state index is 12.6. The first kappa shape index (κ1) is 25.4. The molecule has 8 nitrogen and oxygen atoms in total. The molecule has 2 aromatic carbocycles. The zero-order valence-electron chi connectivity index (χ0n) is 17.9. The van der Waals surface area contributed by atoms with Crippen molar-refractivity contribution < 1.29 is 27.5 Å². The number of amides is 2. The average molecular weight is 481 g/mol. The van der Waals surface area contributed by atoms with Gasteiger partial charge in [0.1, 0.15) is 6.04 Å². The summed E-state index contributed by atoms with van der Waals surface area (Å²) in [5, 5.41) is 5.65. The number of halogens is 1. The van der Waals surface area contributed by atoms with Crippen LogP contribution in [-0.4, -0.2) is 45.1 Å². The summed E-state index contributed by atoms with van der Waals surface area (Å²) in [7, 11) is -3.35. The van der Waals surface area contributed by atoms with E-state index in [4.69, 9.17) is 16.3 Å². The van der Waals surface area contributed by atoms with Gasteiger partial charge >= 0.3 is 5.97 Å². The summed E-state index contributed by atoms with van der Waals surface area (Å²) >= 11 is 5.83. The number of rotatable bonds is 9. The van der Waals surface area contributed by atoms with E-state index in [1.807, 2.05) is 6.92 Å². The third-order valence-corrected chi connectivity index (χ3v) is 6.15. The number of benzene rings is 2. The summed E-state index contributed by atoms with van der Waals surface area (Å²) in [5.41, 5.74) is 0.693. The fourth-order valence-corrected chi connectivity index (χ4v) is 3.46. The van der Waals surface area contributed by atoms with Crippen LogP contribution in [0.1, 0.15) is 30.6 Å². The molecule has 0 aliphatic rings. The summed E-state index contributed by atoms with van der Waals surface area (Å²) in [6.07, 6.45) is 1.68. The Balaban J connectivity index is 1.96. The number of carbonyl (C=O) groups is 3. The Labute approximate surface area is 192 Å². The zero-order valence-corrected chi connectivity index (χ0v) is 19.5. The van der Waals surface area contributed by atoms with Crippen molar-refractivity contribution in [3.05, 3.63) is 59.1 Å². The lowest BCUT2D eigenvalue weighted by atomic mass is 9.99. The van der Waals surface area contributed by atoms with Crippen LogP contribution in [0.4, 0.5) is 5.69 Å². The highest BCUT2D eigenvalue weighted by Gasteiger charge is 2.28. The van der Waals surface area contributed by atoms with Crippen molar-refractivity contribution in [2.24, 2.45) is 5.92 Å². The number of hydrogen-bond acceptors (Lipinski definition) is 6. The maximum atomic E-state index is 12.6. The van der Waals surface area contributed by atoms with Gasteiger partial charge in [-0.3, -0.25) is 9.59 Å². The molecule has 0 aliphatic carbocycles. The molecule has 2 rings (SSSR count). The van der Waals surface area contributed by atoms with Gasteiger partial charge in [-0.1, -0.05) is 31.9 Å². The van der Waals surface area contributed by atoms with Crippen LogP contribution in [0.5, 0.6) is 0 Å². The first-order valence-electron chi connectivity index (χ1n) is 9.84. The minimum Gasteiger partial charge on any atom is -0.454 e. The van der Waals surface area contributed by atoms with Crippen molar-refractivity contribution in [2.75, 3.05) is 18.2 Å². The van der Waals surface area contributed by atoms with E-state index in [1.165, 1.54) is 24.3 Å². The van der Waals surface area contributed by atoms with Gasteiger partial charge in [-0.05, 0) is 54.4 Å². The van der Waals surface area contributed by atoms with Gasteiger partial charge in [0, 0.05) is 22.5 Å². The van der Waals surface area contributed by atoms with Crippen molar-refractivity contribution in [3.63, 3.8) is 0 Å². The predicted molar refractivity (Wildman–Crippen MR) is 121 cm³/mol. The normalized spacial score (nSPS) is 13.0. The Morgan fingerprint density at radius 1 is 1.03 bits per heavy atom. The van der Waals surface area contributed by atoms with Crippen molar-refractivity contribution in [1.82, 2.24) is 5.32 Å². The summed E-state index contributed by atoms with van der Waals surface area (Å²) in [4.78, 5) is 37.3. The SMILES string of the molecule is CC[C@H](C)[C@H](NC(=O)c1ccc(Cl)cc1)C(=O)OCC(=O)Nc1ccc(S(C)(=O)=O)cc1. The molecule has 32 heavy (non-hydrogen) atoms. The van der Waals surface area contributed by atoms with Crippen LogP contribution in [0, 0.1) is 5.92 Å². The molecular weight excluding hydrogens is 456 g/mol. The summed E-state index contributed by atoms with van der Waals surface area (Å²) in [5.74, 6) is -2.02. The first-order chi connectivity index (χ1) is 15.0. The van der Waals surface area contributed by atoms with E-state index in [0.29, 0.717) is 22.7 Å². The van der Waals surface area contributed by atoms with Gasteiger partial charge in [-0.25, -0.2) is 13.2 Å². The van der Waals surface area contributed by atoms with Gasteiger partial charge in [0.15, 0.2) is 16.4 Å². The van der Waals surface area contributed by atoms with Crippen molar-refractivity contribution in [3.8, 4) is 0 Å². The largest absolute Gasteiger partial charge is 0.454 e. The Morgan fingerprint density at radius 3 is 2.16 bits per heavy atom. The van der Waals surface area contributed by atoms with Crippen LogP contribution < -0.4 is 10.6 Å². The van der Waals surface area contributed by atoms with Crippen LogP contribution >= 0.6 is 11.6 Å². The molecule has 2 amide bonds. The summed E-state index contributed by atoms with van der Waals surface area (Å²) in [6, 6.07) is 10.9. The zero-order chi connectivity index (χ0) is 23.9. The summed E-state index contributed by atoms with van der Waals surface area (Å²) in [6.45, 7) is 3.10. The molecule has 2 atom stereocenters. The number of carbonyl (C=O) groups excluding carboxylic acids is 3. The first-order valence-corrected chi connectivity index (χ1v) is 12.1. The number of ether oxygens (including phenoxy) is 1. The number of anilines is 1. The molecule has 0 aliphatic heterocycles. The van der Waals surface area contributed by atoms with Gasteiger partial charge in [0.05, 0.1) is 4.90 Å². The molecule has 0 saturated carbocycles. The minimum atomic E-state index is -3.35. The van der Waals surface area contributed by atoms with E-state index in [1.54, 1.807) is 31.2 Å². The van der Waals surface area contributed by atoms with Gasteiger partial charge in [-0.15, -0.1) is 0 Å². The second kappa shape index (κ2) is 11.1. The molecule has 0 bridgehead atoms. The van der Waals surface area contributed by atoms with Crippen molar-refractivity contribution in [2.45, 2.75) is 31.2 Å². The topological polar surface area (TPSA) is 119 Å². The van der Waals surface area contributed by atoms with E-state index in [2.05, 4.69) is 10.6 Å². The Kier molecular flexibility index (Phi) is 8.80. The molecule has 0 unspecified atom stereocenters. The molecule has 2 aromatic rings. The van der Waals surface area contributed by atoms with E-state index < -0.39 is 40.3 Å². The Bertz CT molecular complexity index is 1070. The molecule has 0 spiro atoms. The second-order valence-electron chi connectivity index (χ2n) is 7.30. The fourth-order valence-electron chi connectivity index (χ4n) is 2.70. The van der Waals surface area contributed by atoms with E-state index in [-0.39, 0.29) is 10.8 Å². The maximum Gasteiger partial charge on any atom is 0.329 e. The molecule has 172 valence electrons. The summed E-state index contributed by atoms with van der Waals surface area (Å²) < 4.78 is 28.1. The van der Waals surface area contributed by atoms with E-state index in [9.17, 15) is 22.8 Å². The minimum absolute atomic E-state index is 0.120. The molecular formula is C22H25ClN2O6S. The highest BCUT2D eigenvalue weighted by molar-refractivity contribution is 7.90. The lowest BCUT2D eigenvalue weighted by molar-refractivity contribution is -0.150. The van der Waals surface area contributed by atoms with Crippen LogP contribution in [0.2, 0.25) is 5.02 Å². The monoisotopic (exact) mass is 480 g/mol. The lowest BCUT2D eigenvalue weighted by Gasteiger charge is -2.22.